The molecular formula is C16H21FN2O. The maximum atomic E-state index is 13.1. The Morgan fingerprint density at radius 1 is 1.30 bits per heavy atom. The van der Waals surface area contributed by atoms with Crippen molar-refractivity contribution in [3.63, 3.8) is 0 Å². The standard InChI is InChI=1S/C16H21FN2O/c1-16(18)9-14(19-15(16)20)13-4-2-3-12(13)10-5-7-11(17)8-6-10/h5-8,12-14H,2-4,9,18H2,1H3,(H,19,20)/t12?,13?,14?,16-/m0/s1. The van der Waals surface area contributed by atoms with Crippen LogP contribution in [-0.2, 0) is 4.79 Å². The predicted molar refractivity (Wildman–Crippen MR) is 75.6 cm³/mol. The quantitative estimate of drug-likeness (QED) is 0.871. The van der Waals surface area contributed by atoms with Crippen molar-refractivity contribution in [3.8, 4) is 0 Å². The van der Waals surface area contributed by atoms with E-state index in [9.17, 15) is 9.18 Å². The number of carbonyl (C=O) groups is 1. The molecule has 1 saturated heterocycles. The molecule has 0 bridgehead atoms. The first-order valence-corrected chi connectivity index (χ1v) is 7.33. The van der Waals surface area contributed by atoms with Crippen LogP contribution in [0.15, 0.2) is 24.3 Å². The molecule has 2 aliphatic rings. The monoisotopic (exact) mass is 276 g/mol. The summed E-state index contributed by atoms with van der Waals surface area (Å²) in [5.41, 5.74) is 6.45. The van der Waals surface area contributed by atoms with Crippen molar-refractivity contribution in [3.05, 3.63) is 35.6 Å². The number of rotatable bonds is 2. The lowest BCUT2D eigenvalue weighted by Crippen LogP contribution is -2.43. The Morgan fingerprint density at radius 3 is 2.60 bits per heavy atom. The summed E-state index contributed by atoms with van der Waals surface area (Å²) in [5, 5.41) is 3.06. The first kappa shape index (κ1) is 13.6. The summed E-state index contributed by atoms with van der Waals surface area (Å²) in [4.78, 5) is 11.9. The van der Waals surface area contributed by atoms with Crippen molar-refractivity contribution in [1.29, 1.82) is 0 Å². The topological polar surface area (TPSA) is 55.1 Å². The van der Waals surface area contributed by atoms with Crippen molar-refractivity contribution in [2.45, 2.75) is 50.1 Å². The zero-order chi connectivity index (χ0) is 14.3. The first-order chi connectivity index (χ1) is 9.47. The van der Waals surface area contributed by atoms with Crippen LogP contribution in [0.1, 0.15) is 44.1 Å². The second-order valence-corrected chi connectivity index (χ2v) is 6.45. The number of amides is 1. The molecule has 1 saturated carbocycles. The summed E-state index contributed by atoms with van der Waals surface area (Å²) in [6.45, 7) is 1.80. The minimum Gasteiger partial charge on any atom is -0.351 e. The average Bonchev–Trinajstić information content (AvgIpc) is 2.96. The van der Waals surface area contributed by atoms with Gasteiger partial charge in [-0.15, -0.1) is 0 Å². The molecule has 4 heteroatoms. The van der Waals surface area contributed by atoms with E-state index in [1.165, 1.54) is 17.7 Å². The van der Waals surface area contributed by atoms with Crippen molar-refractivity contribution in [2.24, 2.45) is 11.7 Å². The highest BCUT2D eigenvalue weighted by Crippen LogP contribution is 2.44. The lowest BCUT2D eigenvalue weighted by atomic mass is 9.81. The Balaban J connectivity index is 1.80. The molecule has 3 unspecified atom stereocenters. The van der Waals surface area contributed by atoms with E-state index in [-0.39, 0.29) is 17.8 Å². The summed E-state index contributed by atoms with van der Waals surface area (Å²) in [6.07, 6.45) is 4.04. The Labute approximate surface area is 118 Å². The summed E-state index contributed by atoms with van der Waals surface area (Å²) in [6, 6.07) is 6.93. The Morgan fingerprint density at radius 2 is 2.00 bits per heavy atom. The first-order valence-electron chi connectivity index (χ1n) is 7.33. The van der Waals surface area contributed by atoms with Gasteiger partial charge in [0.05, 0.1) is 5.54 Å². The zero-order valence-corrected chi connectivity index (χ0v) is 11.7. The van der Waals surface area contributed by atoms with Crippen LogP contribution >= 0.6 is 0 Å². The van der Waals surface area contributed by atoms with Gasteiger partial charge in [-0.1, -0.05) is 18.6 Å². The molecule has 3 N–H and O–H groups in total. The fourth-order valence-corrected chi connectivity index (χ4v) is 3.79. The molecule has 1 aliphatic carbocycles. The second kappa shape index (κ2) is 4.85. The van der Waals surface area contributed by atoms with Gasteiger partial charge in [-0.25, -0.2) is 4.39 Å². The van der Waals surface area contributed by atoms with Gasteiger partial charge < -0.3 is 11.1 Å². The third kappa shape index (κ3) is 2.33. The maximum absolute atomic E-state index is 13.1. The van der Waals surface area contributed by atoms with E-state index in [0.29, 0.717) is 18.3 Å². The molecule has 1 amide bonds. The molecule has 4 atom stereocenters. The van der Waals surface area contributed by atoms with Crippen LogP contribution < -0.4 is 11.1 Å². The normalized spacial score (nSPS) is 37.1. The Kier molecular flexibility index (Phi) is 3.28. The van der Waals surface area contributed by atoms with E-state index in [0.717, 1.165) is 19.3 Å². The molecule has 108 valence electrons. The highest BCUT2D eigenvalue weighted by molar-refractivity contribution is 5.88. The second-order valence-electron chi connectivity index (χ2n) is 6.45. The molecule has 0 radical (unpaired) electrons. The summed E-state index contributed by atoms with van der Waals surface area (Å²) in [7, 11) is 0. The van der Waals surface area contributed by atoms with Crippen molar-refractivity contribution < 1.29 is 9.18 Å². The summed E-state index contributed by atoms with van der Waals surface area (Å²) in [5.74, 6) is 0.559. The van der Waals surface area contributed by atoms with Crippen LogP contribution in [0.5, 0.6) is 0 Å². The minimum atomic E-state index is -0.749. The van der Waals surface area contributed by atoms with Gasteiger partial charge in [0.15, 0.2) is 0 Å². The van der Waals surface area contributed by atoms with Crippen LogP contribution in [0.25, 0.3) is 0 Å². The number of halogens is 1. The van der Waals surface area contributed by atoms with Crippen LogP contribution in [0, 0.1) is 11.7 Å². The van der Waals surface area contributed by atoms with E-state index in [4.69, 9.17) is 5.73 Å². The van der Waals surface area contributed by atoms with E-state index in [1.807, 2.05) is 12.1 Å². The van der Waals surface area contributed by atoms with Crippen molar-refractivity contribution in [2.75, 3.05) is 0 Å². The smallest absolute Gasteiger partial charge is 0.240 e. The van der Waals surface area contributed by atoms with Gasteiger partial charge in [0.2, 0.25) is 5.91 Å². The summed E-state index contributed by atoms with van der Waals surface area (Å²) >= 11 is 0. The van der Waals surface area contributed by atoms with Gasteiger partial charge in [-0.05, 0) is 55.7 Å². The van der Waals surface area contributed by atoms with Gasteiger partial charge in [0, 0.05) is 6.04 Å². The van der Waals surface area contributed by atoms with Crippen LogP contribution in [0.2, 0.25) is 0 Å². The fourth-order valence-electron chi connectivity index (χ4n) is 3.79. The molecule has 3 nitrogen and oxygen atoms in total. The third-order valence-corrected chi connectivity index (χ3v) is 4.86. The number of nitrogens with one attached hydrogen (secondary N) is 1. The van der Waals surface area contributed by atoms with Gasteiger partial charge in [0.25, 0.3) is 0 Å². The summed E-state index contributed by atoms with van der Waals surface area (Å²) < 4.78 is 13.1. The minimum absolute atomic E-state index is 0.0488. The highest BCUT2D eigenvalue weighted by atomic mass is 19.1. The SMILES string of the molecule is C[C@]1(N)CC(C2CCCC2c2ccc(F)cc2)NC1=O. The average molecular weight is 276 g/mol. The van der Waals surface area contributed by atoms with E-state index < -0.39 is 5.54 Å². The number of hydrogen-bond donors (Lipinski definition) is 2. The lowest BCUT2D eigenvalue weighted by Gasteiger charge is -2.26. The van der Waals surface area contributed by atoms with Crippen LogP contribution in [-0.4, -0.2) is 17.5 Å². The molecule has 0 aromatic heterocycles. The van der Waals surface area contributed by atoms with Gasteiger partial charge >= 0.3 is 0 Å². The molecule has 1 aromatic rings. The van der Waals surface area contributed by atoms with Crippen molar-refractivity contribution >= 4 is 5.91 Å². The highest BCUT2D eigenvalue weighted by Gasteiger charge is 2.45. The van der Waals surface area contributed by atoms with Crippen LogP contribution in [0.4, 0.5) is 4.39 Å². The zero-order valence-electron chi connectivity index (χ0n) is 11.7. The molecule has 2 fully saturated rings. The van der Waals surface area contributed by atoms with Crippen LogP contribution in [0.3, 0.4) is 0 Å². The molecule has 1 heterocycles. The lowest BCUT2D eigenvalue weighted by molar-refractivity contribution is -0.123. The molecule has 20 heavy (non-hydrogen) atoms. The predicted octanol–water partition coefficient (Wildman–Crippen LogP) is 2.32. The Bertz CT molecular complexity index is 512. The number of hydrogen-bond acceptors (Lipinski definition) is 2. The van der Waals surface area contributed by atoms with Crippen molar-refractivity contribution in [1.82, 2.24) is 5.32 Å². The fraction of sp³-hybridized carbons (Fsp3) is 0.562. The maximum Gasteiger partial charge on any atom is 0.240 e. The van der Waals surface area contributed by atoms with E-state index in [1.54, 1.807) is 6.92 Å². The number of nitrogens with two attached hydrogens (primary N) is 1. The molecule has 1 aromatic carbocycles. The molecule has 3 rings (SSSR count). The largest absolute Gasteiger partial charge is 0.351 e. The van der Waals surface area contributed by atoms with E-state index in [2.05, 4.69) is 5.32 Å². The van der Waals surface area contributed by atoms with Gasteiger partial charge in [-0.2, -0.15) is 0 Å². The number of benzene rings is 1. The molecular weight excluding hydrogens is 255 g/mol. The number of carbonyl (C=O) groups excluding carboxylic acids is 1. The molecule has 1 aliphatic heterocycles. The Hall–Kier alpha value is -1.42. The molecule has 0 spiro atoms. The van der Waals surface area contributed by atoms with Gasteiger partial charge in [-0.3, -0.25) is 4.79 Å². The van der Waals surface area contributed by atoms with Gasteiger partial charge in [0.1, 0.15) is 5.82 Å². The van der Waals surface area contributed by atoms with E-state index >= 15 is 0 Å². The third-order valence-electron chi connectivity index (χ3n) is 4.86.